The maximum absolute atomic E-state index is 12.6. The third-order valence-electron chi connectivity index (χ3n) is 4.74. The van der Waals surface area contributed by atoms with E-state index in [2.05, 4.69) is 16.0 Å². The summed E-state index contributed by atoms with van der Waals surface area (Å²) in [6.45, 7) is 3.87. The van der Waals surface area contributed by atoms with Crippen LogP contribution < -0.4 is 20.7 Å². The molecule has 0 fully saturated rings. The molecule has 0 aliphatic rings. The van der Waals surface area contributed by atoms with E-state index in [4.69, 9.17) is 21.4 Å². The molecule has 1 aromatic heterocycles. The largest absolute Gasteiger partial charge is 0.491 e. The van der Waals surface area contributed by atoms with Gasteiger partial charge in [-0.3, -0.25) is 14.9 Å². The van der Waals surface area contributed by atoms with Gasteiger partial charge in [-0.05, 0) is 80.7 Å². The van der Waals surface area contributed by atoms with Crippen LogP contribution in [0.4, 0.5) is 11.4 Å². The van der Waals surface area contributed by atoms with Gasteiger partial charge in [0, 0.05) is 22.3 Å². The van der Waals surface area contributed by atoms with E-state index in [1.54, 1.807) is 60.7 Å². The second kappa shape index (κ2) is 10.2. The summed E-state index contributed by atoms with van der Waals surface area (Å²) >= 11 is 5.27. The molecule has 3 N–H and O–H groups in total. The van der Waals surface area contributed by atoms with Crippen LogP contribution in [0.15, 0.2) is 83.3 Å². The smallest absolute Gasteiger partial charge is 0.291 e. The number of rotatable bonds is 6. The zero-order chi connectivity index (χ0) is 24.1. The minimum atomic E-state index is -0.367. The third-order valence-corrected chi connectivity index (χ3v) is 4.95. The number of fused-ring (bicyclic) bond motifs is 1. The van der Waals surface area contributed by atoms with Crippen molar-refractivity contribution in [1.29, 1.82) is 0 Å². The first-order valence-corrected chi connectivity index (χ1v) is 11.1. The van der Waals surface area contributed by atoms with Crippen LogP contribution in [0.3, 0.4) is 0 Å². The zero-order valence-electron chi connectivity index (χ0n) is 18.6. The van der Waals surface area contributed by atoms with Gasteiger partial charge in [-0.15, -0.1) is 0 Å². The van der Waals surface area contributed by atoms with Gasteiger partial charge in [-0.25, -0.2) is 0 Å². The molecule has 0 aliphatic carbocycles. The average Bonchev–Trinajstić information content (AvgIpc) is 3.24. The number of carbonyl (C=O) groups excluding carboxylic acids is 2. The molecule has 0 bridgehead atoms. The normalized spacial score (nSPS) is 10.7. The van der Waals surface area contributed by atoms with Gasteiger partial charge in [-0.2, -0.15) is 0 Å². The molecule has 1 heterocycles. The summed E-state index contributed by atoms with van der Waals surface area (Å²) in [7, 11) is 0. The summed E-state index contributed by atoms with van der Waals surface area (Å²) in [5.74, 6) is 0.193. The third kappa shape index (κ3) is 5.79. The van der Waals surface area contributed by atoms with Gasteiger partial charge in [0.2, 0.25) is 0 Å². The van der Waals surface area contributed by atoms with E-state index in [1.807, 2.05) is 32.0 Å². The Labute approximate surface area is 202 Å². The van der Waals surface area contributed by atoms with Crippen molar-refractivity contribution < 1.29 is 18.7 Å². The molecule has 0 unspecified atom stereocenters. The minimum absolute atomic E-state index is 0.0516. The van der Waals surface area contributed by atoms with E-state index in [1.165, 1.54) is 0 Å². The standard InChI is InChI=1S/C26H23N3O4S/c1-16(2)32-21-12-10-17(11-13-21)24(30)29-26(34)28-20-8-5-7-19(15-20)27-25(31)23-14-18-6-3-4-9-22(18)33-23/h3-16H,1-2H3,(H,27,31)(H2,28,29,30,34). The summed E-state index contributed by atoms with van der Waals surface area (Å²) in [4.78, 5) is 25.1. The summed E-state index contributed by atoms with van der Waals surface area (Å²) in [5, 5.41) is 9.39. The molecule has 7 nitrogen and oxygen atoms in total. The van der Waals surface area contributed by atoms with E-state index in [-0.39, 0.29) is 28.8 Å². The first-order valence-electron chi connectivity index (χ1n) is 10.7. The molecule has 0 spiro atoms. The van der Waals surface area contributed by atoms with Gasteiger partial charge in [-0.1, -0.05) is 24.3 Å². The number of ether oxygens (including phenoxy) is 1. The van der Waals surface area contributed by atoms with Crippen LogP contribution in [0.1, 0.15) is 34.8 Å². The van der Waals surface area contributed by atoms with E-state index < -0.39 is 0 Å². The highest BCUT2D eigenvalue weighted by molar-refractivity contribution is 7.80. The fourth-order valence-corrected chi connectivity index (χ4v) is 3.47. The Morgan fingerprint density at radius 2 is 1.56 bits per heavy atom. The van der Waals surface area contributed by atoms with E-state index >= 15 is 0 Å². The summed E-state index contributed by atoms with van der Waals surface area (Å²) in [6, 6.07) is 22.9. The maximum Gasteiger partial charge on any atom is 0.291 e. The lowest BCUT2D eigenvalue weighted by molar-refractivity contribution is 0.0975. The molecule has 0 saturated heterocycles. The van der Waals surface area contributed by atoms with Crippen molar-refractivity contribution in [3.8, 4) is 5.75 Å². The van der Waals surface area contributed by atoms with Crippen LogP contribution >= 0.6 is 12.2 Å². The number of thiocarbonyl (C=S) groups is 1. The quantitative estimate of drug-likeness (QED) is 0.316. The molecule has 34 heavy (non-hydrogen) atoms. The molecule has 4 rings (SSSR count). The van der Waals surface area contributed by atoms with Crippen LogP contribution in [0, 0.1) is 0 Å². The summed E-state index contributed by atoms with van der Waals surface area (Å²) in [6.07, 6.45) is 0.0516. The van der Waals surface area contributed by atoms with Gasteiger partial charge >= 0.3 is 0 Å². The highest BCUT2D eigenvalue weighted by Crippen LogP contribution is 2.21. The monoisotopic (exact) mass is 473 g/mol. The number of para-hydroxylation sites is 1. The van der Waals surface area contributed by atoms with Gasteiger partial charge < -0.3 is 19.8 Å². The fraction of sp³-hybridized carbons (Fsp3) is 0.115. The van der Waals surface area contributed by atoms with Gasteiger partial charge in [0.15, 0.2) is 10.9 Å². The minimum Gasteiger partial charge on any atom is -0.491 e. The van der Waals surface area contributed by atoms with Crippen LogP contribution in [0.5, 0.6) is 5.75 Å². The number of furan rings is 1. The van der Waals surface area contributed by atoms with E-state index in [0.717, 1.165) is 5.39 Å². The number of amides is 2. The van der Waals surface area contributed by atoms with Gasteiger partial charge in [0.05, 0.1) is 6.10 Å². The molecular formula is C26H23N3O4S. The number of hydrogen-bond acceptors (Lipinski definition) is 5. The lowest BCUT2D eigenvalue weighted by atomic mass is 10.2. The fourth-order valence-electron chi connectivity index (χ4n) is 3.26. The number of carbonyl (C=O) groups is 2. The molecule has 0 radical (unpaired) electrons. The van der Waals surface area contributed by atoms with Crippen molar-refractivity contribution in [3.63, 3.8) is 0 Å². The predicted molar refractivity (Wildman–Crippen MR) is 137 cm³/mol. The molecule has 0 aliphatic heterocycles. The van der Waals surface area contributed by atoms with Crippen molar-refractivity contribution in [3.05, 3.63) is 90.2 Å². The lowest BCUT2D eigenvalue weighted by Gasteiger charge is -2.12. The van der Waals surface area contributed by atoms with E-state index in [9.17, 15) is 9.59 Å². The van der Waals surface area contributed by atoms with Gasteiger partial charge in [0.25, 0.3) is 11.8 Å². The lowest BCUT2D eigenvalue weighted by Crippen LogP contribution is -2.34. The van der Waals surface area contributed by atoms with Crippen molar-refractivity contribution in [2.24, 2.45) is 0 Å². The van der Waals surface area contributed by atoms with Crippen LogP contribution in [0.2, 0.25) is 0 Å². The highest BCUT2D eigenvalue weighted by Gasteiger charge is 2.13. The Kier molecular flexibility index (Phi) is 6.89. The van der Waals surface area contributed by atoms with Crippen LogP contribution in [-0.4, -0.2) is 23.0 Å². The SMILES string of the molecule is CC(C)Oc1ccc(C(=O)NC(=S)Nc2cccc(NC(=O)c3cc4ccccc4o3)c2)cc1. The Balaban J connectivity index is 1.35. The number of anilines is 2. The predicted octanol–water partition coefficient (Wildman–Crippen LogP) is 5.60. The van der Waals surface area contributed by atoms with E-state index in [0.29, 0.717) is 28.3 Å². The first-order chi connectivity index (χ1) is 16.4. The van der Waals surface area contributed by atoms with Crippen molar-refractivity contribution in [2.45, 2.75) is 20.0 Å². The van der Waals surface area contributed by atoms with Crippen LogP contribution in [-0.2, 0) is 0 Å². The van der Waals surface area contributed by atoms with Crippen molar-refractivity contribution in [2.75, 3.05) is 10.6 Å². The molecule has 172 valence electrons. The van der Waals surface area contributed by atoms with Crippen molar-refractivity contribution in [1.82, 2.24) is 5.32 Å². The molecule has 4 aromatic rings. The Morgan fingerprint density at radius 3 is 2.26 bits per heavy atom. The van der Waals surface area contributed by atoms with Crippen molar-refractivity contribution >= 4 is 51.5 Å². The average molecular weight is 474 g/mol. The molecule has 2 amide bonds. The second-order valence-corrected chi connectivity index (χ2v) is 8.19. The summed E-state index contributed by atoms with van der Waals surface area (Å²) in [5.41, 5.74) is 2.25. The number of benzene rings is 3. The molecule has 8 heteroatoms. The Bertz CT molecular complexity index is 1310. The summed E-state index contributed by atoms with van der Waals surface area (Å²) < 4.78 is 11.2. The molecule has 0 atom stereocenters. The molecule has 0 saturated carbocycles. The highest BCUT2D eigenvalue weighted by atomic mass is 32.1. The molecule has 3 aromatic carbocycles. The maximum atomic E-state index is 12.6. The van der Waals surface area contributed by atoms with Gasteiger partial charge in [0.1, 0.15) is 11.3 Å². The zero-order valence-corrected chi connectivity index (χ0v) is 19.4. The number of hydrogen-bond donors (Lipinski definition) is 3. The Morgan fingerprint density at radius 1 is 0.853 bits per heavy atom. The molecular weight excluding hydrogens is 450 g/mol. The topological polar surface area (TPSA) is 92.6 Å². The van der Waals surface area contributed by atoms with Crippen LogP contribution in [0.25, 0.3) is 11.0 Å². The first kappa shape index (κ1) is 23.0. The number of nitrogens with one attached hydrogen (secondary N) is 3. The Hall–Kier alpha value is -4.17. The second-order valence-electron chi connectivity index (χ2n) is 7.78.